The van der Waals surface area contributed by atoms with Gasteiger partial charge in [-0.05, 0) is 73.6 Å². The Hall–Kier alpha value is -7.23. The zero-order chi connectivity index (χ0) is 37.0. The van der Waals surface area contributed by atoms with Crippen LogP contribution in [0.5, 0.6) is 0 Å². The molecule has 0 bridgehead atoms. The number of fused-ring (bicyclic) bond motifs is 7. The lowest BCUT2D eigenvalue weighted by molar-refractivity contribution is 0.709. The van der Waals surface area contributed by atoms with Crippen molar-refractivity contribution in [2.24, 2.45) is 5.92 Å². The molecular weight excluding hydrogens is 679 g/mol. The van der Waals surface area contributed by atoms with Crippen LogP contribution in [0, 0.1) is 5.92 Å². The average Bonchev–Trinajstić information content (AvgIpc) is 3.28. The highest BCUT2D eigenvalue weighted by molar-refractivity contribution is 6.13. The van der Waals surface area contributed by atoms with Crippen molar-refractivity contribution >= 4 is 44.1 Å². The molecule has 0 spiro atoms. The third-order valence-electron chi connectivity index (χ3n) is 11.5. The highest BCUT2D eigenvalue weighted by Crippen LogP contribution is 2.46. The second kappa shape index (κ2) is 13.3. The van der Waals surface area contributed by atoms with Gasteiger partial charge in [0.15, 0.2) is 5.82 Å². The number of benzene rings is 7. The molecule has 2 aliphatic carbocycles. The predicted octanol–water partition coefficient (Wildman–Crippen LogP) is 13.4. The van der Waals surface area contributed by atoms with E-state index in [4.69, 9.17) is 15.0 Å². The van der Waals surface area contributed by atoms with E-state index < -0.39 is 0 Å². The van der Waals surface area contributed by atoms with Gasteiger partial charge in [-0.1, -0.05) is 170 Å². The zero-order valence-corrected chi connectivity index (χ0v) is 30.5. The summed E-state index contributed by atoms with van der Waals surface area (Å²) < 4.78 is 0. The fourth-order valence-corrected chi connectivity index (χ4v) is 8.69. The van der Waals surface area contributed by atoms with Crippen LogP contribution >= 0.6 is 0 Å². The lowest BCUT2D eigenvalue weighted by Gasteiger charge is -2.32. The minimum atomic E-state index is 0.299. The van der Waals surface area contributed by atoms with E-state index in [1.54, 1.807) is 0 Å². The van der Waals surface area contributed by atoms with Crippen LogP contribution in [0.3, 0.4) is 0 Å². The summed E-state index contributed by atoms with van der Waals surface area (Å²) in [6, 6.07) is 58.4. The first-order chi connectivity index (χ1) is 27.7. The topological polar surface area (TPSA) is 38.7 Å². The van der Waals surface area contributed by atoms with Crippen molar-refractivity contribution in [3.05, 3.63) is 211 Å². The maximum atomic E-state index is 5.31. The van der Waals surface area contributed by atoms with Gasteiger partial charge in [0.25, 0.3) is 0 Å². The van der Waals surface area contributed by atoms with E-state index in [9.17, 15) is 0 Å². The van der Waals surface area contributed by atoms with Crippen molar-refractivity contribution in [2.45, 2.75) is 5.92 Å². The summed E-state index contributed by atoms with van der Waals surface area (Å²) in [6.45, 7) is 0. The van der Waals surface area contributed by atoms with Gasteiger partial charge in [-0.25, -0.2) is 9.97 Å². The van der Waals surface area contributed by atoms with Gasteiger partial charge in [0.1, 0.15) is 0 Å². The Labute approximate surface area is 325 Å². The molecule has 262 valence electrons. The van der Waals surface area contributed by atoms with E-state index in [1.165, 1.54) is 43.8 Å². The summed E-state index contributed by atoms with van der Waals surface area (Å²) in [5, 5.41) is 5.94. The second-order valence-corrected chi connectivity index (χ2v) is 14.8. The van der Waals surface area contributed by atoms with Gasteiger partial charge in [-0.15, -0.1) is 0 Å². The first-order valence-corrected chi connectivity index (χ1v) is 19.3. The molecule has 0 saturated carbocycles. The Bertz CT molecular complexity index is 3080. The summed E-state index contributed by atoms with van der Waals surface area (Å²) in [4.78, 5) is 15.3. The average molecular weight is 714 g/mol. The summed E-state index contributed by atoms with van der Waals surface area (Å²) in [5.41, 5.74) is 13.3. The van der Waals surface area contributed by atoms with E-state index in [-0.39, 0.29) is 0 Å². The predicted molar refractivity (Wildman–Crippen MR) is 233 cm³/mol. The van der Waals surface area contributed by atoms with Gasteiger partial charge in [0, 0.05) is 45.7 Å². The number of hydrogen-bond acceptors (Lipinski definition) is 3. The molecule has 56 heavy (non-hydrogen) atoms. The number of allylic oxidation sites excluding steroid dienone is 5. The molecule has 0 N–H and O–H groups in total. The number of hydrogen-bond donors (Lipinski definition) is 0. The molecule has 9 aromatic rings. The van der Waals surface area contributed by atoms with E-state index in [1.807, 2.05) is 18.3 Å². The quantitative estimate of drug-likeness (QED) is 0.167. The van der Waals surface area contributed by atoms with Crippen LogP contribution in [-0.2, 0) is 0 Å². The standard InChI is InChI=1S/C53H35N3/c1-4-14-42-38(11-1)30-48(46-18-8-6-16-44(42)46)35-23-25-36(26-24-35)51-32-52(49-31-39-12-2-5-15-43(39)45-17-7-9-19-47(45)49)56-53(55-51)37-27-21-34(22-28-37)41-29-40-13-3-10-20-50(40)54-33-41/h1-33,44,46H. The van der Waals surface area contributed by atoms with Crippen LogP contribution in [0.15, 0.2) is 194 Å². The van der Waals surface area contributed by atoms with Crippen molar-refractivity contribution in [1.29, 1.82) is 0 Å². The zero-order valence-electron chi connectivity index (χ0n) is 30.5. The van der Waals surface area contributed by atoms with Crippen LogP contribution < -0.4 is 0 Å². The largest absolute Gasteiger partial charge is 0.256 e. The summed E-state index contributed by atoms with van der Waals surface area (Å²) >= 11 is 0. The SMILES string of the molecule is C1=CC2C(c3ccc(-c4cc(-c5cc6ccccc6c6ccccc56)nc(-c5ccc(-c6cnc7ccccc7c6)cc5)n4)cc3)=Cc3ccccc3C2C=C1. The molecular formula is C53H35N3. The molecule has 0 saturated heterocycles. The van der Waals surface area contributed by atoms with Crippen molar-refractivity contribution in [1.82, 2.24) is 15.0 Å². The molecule has 0 radical (unpaired) electrons. The molecule has 3 heteroatoms. The Morgan fingerprint density at radius 1 is 0.429 bits per heavy atom. The van der Waals surface area contributed by atoms with Crippen LogP contribution in [0.1, 0.15) is 22.6 Å². The number of pyridine rings is 1. The smallest absolute Gasteiger partial charge is 0.160 e. The number of rotatable bonds is 5. The van der Waals surface area contributed by atoms with E-state index in [0.29, 0.717) is 17.7 Å². The normalized spacial score (nSPS) is 15.8. The van der Waals surface area contributed by atoms with Crippen molar-refractivity contribution < 1.29 is 0 Å². The van der Waals surface area contributed by atoms with Gasteiger partial charge >= 0.3 is 0 Å². The van der Waals surface area contributed by atoms with Crippen molar-refractivity contribution in [2.75, 3.05) is 0 Å². The number of para-hydroxylation sites is 1. The third-order valence-corrected chi connectivity index (χ3v) is 11.5. The summed E-state index contributed by atoms with van der Waals surface area (Å²) in [7, 11) is 0. The highest BCUT2D eigenvalue weighted by Gasteiger charge is 2.30. The molecule has 11 rings (SSSR count). The monoisotopic (exact) mass is 713 g/mol. The van der Waals surface area contributed by atoms with Gasteiger partial charge in [-0.2, -0.15) is 0 Å². The minimum absolute atomic E-state index is 0.299. The van der Waals surface area contributed by atoms with Crippen LogP contribution in [0.2, 0.25) is 0 Å². The molecule has 2 aliphatic rings. The molecule has 2 heterocycles. The van der Waals surface area contributed by atoms with Crippen molar-refractivity contribution in [3.63, 3.8) is 0 Å². The molecule has 3 nitrogen and oxygen atoms in total. The number of nitrogens with zero attached hydrogens (tertiary/aromatic N) is 3. The van der Waals surface area contributed by atoms with E-state index in [2.05, 4.69) is 182 Å². The highest BCUT2D eigenvalue weighted by atomic mass is 14.9. The fraction of sp³-hybridized carbons (Fsp3) is 0.0377. The molecule has 7 aromatic carbocycles. The van der Waals surface area contributed by atoms with Crippen LogP contribution in [0.25, 0.3) is 89.1 Å². The maximum absolute atomic E-state index is 5.31. The van der Waals surface area contributed by atoms with Crippen molar-refractivity contribution in [3.8, 4) is 45.0 Å². The van der Waals surface area contributed by atoms with Gasteiger partial charge < -0.3 is 0 Å². The first kappa shape index (κ1) is 32.2. The molecule has 0 aliphatic heterocycles. The van der Waals surface area contributed by atoms with Gasteiger partial charge in [-0.3, -0.25) is 4.98 Å². The second-order valence-electron chi connectivity index (χ2n) is 14.8. The van der Waals surface area contributed by atoms with E-state index in [0.717, 1.165) is 50.1 Å². The minimum Gasteiger partial charge on any atom is -0.256 e. The molecule has 0 fully saturated rings. The molecule has 0 amide bonds. The lowest BCUT2D eigenvalue weighted by atomic mass is 9.71. The Kier molecular flexibility index (Phi) is 7.63. The maximum Gasteiger partial charge on any atom is 0.160 e. The van der Waals surface area contributed by atoms with Gasteiger partial charge in [0.05, 0.1) is 16.9 Å². The molecule has 2 aromatic heterocycles. The van der Waals surface area contributed by atoms with Gasteiger partial charge in [0.2, 0.25) is 0 Å². The summed E-state index contributed by atoms with van der Waals surface area (Å²) in [5.74, 6) is 1.33. The Morgan fingerprint density at radius 2 is 1.07 bits per heavy atom. The van der Waals surface area contributed by atoms with Crippen LogP contribution in [-0.4, -0.2) is 15.0 Å². The fourth-order valence-electron chi connectivity index (χ4n) is 8.69. The summed E-state index contributed by atoms with van der Waals surface area (Å²) in [6.07, 6.45) is 13.4. The molecule has 2 unspecified atom stereocenters. The first-order valence-electron chi connectivity index (χ1n) is 19.3. The molecule has 2 atom stereocenters. The van der Waals surface area contributed by atoms with Crippen LogP contribution in [0.4, 0.5) is 0 Å². The third kappa shape index (κ3) is 5.56. The Balaban J connectivity index is 1.03. The Morgan fingerprint density at radius 3 is 1.93 bits per heavy atom. The lowest BCUT2D eigenvalue weighted by Crippen LogP contribution is -2.17. The number of aromatic nitrogens is 3. The van der Waals surface area contributed by atoms with E-state index >= 15 is 0 Å².